The first-order valence-electron chi connectivity index (χ1n) is 8.51. The second-order valence-corrected chi connectivity index (χ2v) is 7.41. The zero-order valence-corrected chi connectivity index (χ0v) is 16.6. The number of carbonyl (C=O) groups excluding carboxylic acids is 1. The predicted molar refractivity (Wildman–Crippen MR) is 114 cm³/mol. The third-order valence-electron chi connectivity index (χ3n) is 4.76. The van der Waals surface area contributed by atoms with Gasteiger partial charge in [-0.1, -0.05) is 12.1 Å². The Hall–Kier alpha value is -2.74. The molecule has 6 heteroatoms. The number of nitro groups is 1. The summed E-state index contributed by atoms with van der Waals surface area (Å²) in [5, 5.41) is 12.8. The molecule has 0 aliphatic heterocycles. The zero-order valence-electron chi connectivity index (χ0n) is 14.5. The van der Waals surface area contributed by atoms with E-state index in [0.717, 1.165) is 31.9 Å². The number of halogens is 1. The van der Waals surface area contributed by atoms with Crippen LogP contribution in [-0.2, 0) is 6.54 Å². The molecule has 1 heterocycles. The summed E-state index contributed by atoms with van der Waals surface area (Å²) < 4.78 is 3.00. The molecule has 1 aromatic heterocycles. The molecule has 0 unspecified atom stereocenters. The highest BCUT2D eigenvalue weighted by atomic mass is 127. The van der Waals surface area contributed by atoms with Crippen LogP contribution in [0.4, 0.5) is 5.69 Å². The standard InChI is InChI=1S/C21H15IN2O3/c1-2-23-19-9-7-13(21(25)15-5-3-4-6-18(15)22)11-16(19)17-12-14(24(26)27)8-10-20(17)23/h3-12H,2H2,1H3. The van der Waals surface area contributed by atoms with E-state index in [4.69, 9.17) is 0 Å². The van der Waals surface area contributed by atoms with Crippen molar-refractivity contribution in [3.05, 3.63) is 85.5 Å². The molecular weight excluding hydrogens is 455 g/mol. The summed E-state index contributed by atoms with van der Waals surface area (Å²) in [6.45, 7) is 2.77. The van der Waals surface area contributed by atoms with Gasteiger partial charge in [-0.25, -0.2) is 0 Å². The van der Waals surface area contributed by atoms with E-state index in [2.05, 4.69) is 27.2 Å². The molecule has 0 aliphatic rings. The maximum atomic E-state index is 13.0. The Labute approximate surface area is 168 Å². The Morgan fingerprint density at radius 2 is 1.70 bits per heavy atom. The maximum absolute atomic E-state index is 13.0. The number of nitro benzene ring substituents is 1. The van der Waals surface area contributed by atoms with Crippen LogP contribution in [0.5, 0.6) is 0 Å². The number of carbonyl (C=O) groups is 1. The first-order valence-corrected chi connectivity index (χ1v) is 9.58. The van der Waals surface area contributed by atoms with Crippen molar-refractivity contribution in [2.24, 2.45) is 0 Å². The number of aromatic nitrogens is 1. The van der Waals surface area contributed by atoms with Crippen LogP contribution in [0.1, 0.15) is 22.8 Å². The number of aryl methyl sites for hydroxylation is 1. The van der Waals surface area contributed by atoms with E-state index in [0.29, 0.717) is 11.1 Å². The Balaban J connectivity index is 1.97. The molecule has 0 N–H and O–H groups in total. The minimum Gasteiger partial charge on any atom is -0.341 e. The number of benzene rings is 3. The molecule has 27 heavy (non-hydrogen) atoms. The van der Waals surface area contributed by atoms with Crippen LogP contribution in [0, 0.1) is 13.7 Å². The maximum Gasteiger partial charge on any atom is 0.270 e. The van der Waals surface area contributed by atoms with Gasteiger partial charge in [0.1, 0.15) is 0 Å². The lowest BCUT2D eigenvalue weighted by atomic mass is 10.0. The van der Waals surface area contributed by atoms with Crippen LogP contribution >= 0.6 is 22.6 Å². The van der Waals surface area contributed by atoms with Crippen LogP contribution < -0.4 is 0 Å². The van der Waals surface area contributed by atoms with Gasteiger partial charge in [-0.3, -0.25) is 14.9 Å². The van der Waals surface area contributed by atoms with Crippen molar-refractivity contribution in [2.75, 3.05) is 0 Å². The molecule has 3 aromatic carbocycles. The molecule has 0 spiro atoms. The third kappa shape index (κ3) is 2.90. The largest absolute Gasteiger partial charge is 0.341 e. The van der Waals surface area contributed by atoms with Crippen LogP contribution in [0.2, 0.25) is 0 Å². The fraction of sp³-hybridized carbons (Fsp3) is 0.0952. The highest BCUT2D eigenvalue weighted by Crippen LogP contribution is 2.33. The summed E-state index contributed by atoms with van der Waals surface area (Å²) in [7, 11) is 0. The minimum atomic E-state index is -0.393. The lowest BCUT2D eigenvalue weighted by Crippen LogP contribution is -2.03. The van der Waals surface area contributed by atoms with Crippen molar-refractivity contribution in [3.63, 3.8) is 0 Å². The van der Waals surface area contributed by atoms with Gasteiger partial charge >= 0.3 is 0 Å². The van der Waals surface area contributed by atoms with Gasteiger partial charge < -0.3 is 4.57 Å². The second-order valence-electron chi connectivity index (χ2n) is 6.24. The van der Waals surface area contributed by atoms with Gasteiger partial charge in [-0.15, -0.1) is 0 Å². The molecule has 134 valence electrons. The number of hydrogen-bond acceptors (Lipinski definition) is 3. The molecule has 4 aromatic rings. The molecule has 0 fully saturated rings. The topological polar surface area (TPSA) is 65.1 Å². The Kier molecular flexibility index (Phi) is 4.43. The molecule has 4 rings (SSSR count). The van der Waals surface area contributed by atoms with E-state index in [1.54, 1.807) is 12.1 Å². The quantitative estimate of drug-likeness (QED) is 0.170. The SMILES string of the molecule is CCn1c2ccc(C(=O)c3ccccc3I)cc2c2cc([N+](=O)[O-])ccc21. The summed E-state index contributed by atoms with van der Waals surface area (Å²) in [4.78, 5) is 23.8. The Morgan fingerprint density at radius 3 is 2.37 bits per heavy atom. The van der Waals surface area contributed by atoms with Gasteiger partial charge in [0.25, 0.3) is 5.69 Å². The minimum absolute atomic E-state index is 0.0481. The van der Waals surface area contributed by atoms with Crippen molar-refractivity contribution in [3.8, 4) is 0 Å². The molecule has 0 aliphatic carbocycles. The van der Waals surface area contributed by atoms with Gasteiger partial charge in [0.05, 0.1) is 4.92 Å². The van der Waals surface area contributed by atoms with Crippen molar-refractivity contribution in [1.82, 2.24) is 4.57 Å². The van der Waals surface area contributed by atoms with Crippen LogP contribution in [-0.4, -0.2) is 15.3 Å². The first kappa shape index (κ1) is 17.7. The number of fused-ring (bicyclic) bond motifs is 3. The van der Waals surface area contributed by atoms with E-state index < -0.39 is 4.92 Å². The molecule has 0 saturated heterocycles. The summed E-state index contributed by atoms with van der Waals surface area (Å²) in [5.74, 6) is -0.0512. The number of non-ortho nitro benzene ring substituents is 1. The van der Waals surface area contributed by atoms with Crippen molar-refractivity contribution < 1.29 is 9.72 Å². The zero-order chi connectivity index (χ0) is 19.1. The molecular formula is C21H15IN2O3. The highest BCUT2D eigenvalue weighted by molar-refractivity contribution is 14.1. The van der Waals surface area contributed by atoms with E-state index >= 15 is 0 Å². The smallest absolute Gasteiger partial charge is 0.270 e. The van der Waals surface area contributed by atoms with Crippen molar-refractivity contribution in [2.45, 2.75) is 13.5 Å². The number of rotatable bonds is 4. The van der Waals surface area contributed by atoms with E-state index in [1.165, 1.54) is 6.07 Å². The van der Waals surface area contributed by atoms with Crippen molar-refractivity contribution >= 4 is 55.9 Å². The molecule has 0 saturated carbocycles. The lowest BCUT2D eigenvalue weighted by Gasteiger charge is -2.05. The van der Waals surface area contributed by atoms with Crippen LogP contribution in [0.15, 0.2) is 60.7 Å². The molecule has 0 atom stereocenters. The van der Waals surface area contributed by atoms with E-state index in [-0.39, 0.29) is 11.5 Å². The average Bonchev–Trinajstić information content (AvgIpc) is 3.00. The monoisotopic (exact) mass is 470 g/mol. The highest BCUT2D eigenvalue weighted by Gasteiger charge is 2.17. The Bertz CT molecular complexity index is 1230. The van der Waals surface area contributed by atoms with Crippen LogP contribution in [0.3, 0.4) is 0 Å². The molecule has 5 nitrogen and oxygen atoms in total. The lowest BCUT2D eigenvalue weighted by molar-refractivity contribution is -0.384. The molecule has 0 bridgehead atoms. The third-order valence-corrected chi connectivity index (χ3v) is 5.70. The van der Waals surface area contributed by atoms with Gasteiger partial charge in [0.2, 0.25) is 0 Å². The van der Waals surface area contributed by atoms with Crippen LogP contribution in [0.25, 0.3) is 21.8 Å². The summed E-state index contributed by atoms with van der Waals surface area (Å²) in [6, 6.07) is 17.9. The average molecular weight is 470 g/mol. The summed E-state index contributed by atoms with van der Waals surface area (Å²) in [6.07, 6.45) is 0. The molecule has 0 amide bonds. The normalized spacial score (nSPS) is 11.2. The second kappa shape index (κ2) is 6.77. The summed E-state index contributed by atoms with van der Waals surface area (Å²) >= 11 is 2.16. The van der Waals surface area contributed by atoms with Gasteiger partial charge in [0.15, 0.2) is 5.78 Å². The molecule has 0 radical (unpaired) electrons. The van der Waals surface area contributed by atoms with Gasteiger partial charge in [0, 0.05) is 55.2 Å². The van der Waals surface area contributed by atoms with E-state index in [1.807, 2.05) is 49.4 Å². The fourth-order valence-electron chi connectivity index (χ4n) is 3.49. The summed E-state index contributed by atoms with van der Waals surface area (Å²) in [5.41, 5.74) is 3.17. The number of hydrogen-bond donors (Lipinski definition) is 0. The predicted octanol–water partition coefficient (Wildman–Crippen LogP) is 5.56. The van der Waals surface area contributed by atoms with Crippen molar-refractivity contribution in [1.29, 1.82) is 0 Å². The fourth-order valence-corrected chi connectivity index (χ4v) is 4.12. The number of nitrogens with zero attached hydrogens (tertiary/aromatic N) is 2. The number of ketones is 1. The Morgan fingerprint density at radius 1 is 1.04 bits per heavy atom. The van der Waals surface area contributed by atoms with Gasteiger partial charge in [-0.2, -0.15) is 0 Å². The van der Waals surface area contributed by atoms with Gasteiger partial charge in [-0.05, 0) is 65.9 Å². The van der Waals surface area contributed by atoms with E-state index in [9.17, 15) is 14.9 Å². The first-order chi connectivity index (χ1) is 13.0.